The lowest BCUT2D eigenvalue weighted by atomic mass is 10.1. The third-order valence-corrected chi connectivity index (χ3v) is 5.14. The first kappa shape index (κ1) is 18.6. The molecular formula is C21H25N5O2. The molecular weight excluding hydrogens is 354 g/mol. The van der Waals surface area contributed by atoms with Crippen LogP contribution in [-0.2, 0) is 19.5 Å². The van der Waals surface area contributed by atoms with Crippen molar-refractivity contribution in [3.05, 3.63) is 70.4 Å². The summed E-state index contributed by atoms with van der Waals surface area (Å²) in [5.41, 5.74) is 2.73. The average molecular weight is 379 g/mol. The summed E-state index contributed by atoms with van der Waals surface area (Å²) >= 11 is 0. The third kappa shape index (κ3) is 4.74. The van der Waals surface area contributed by atoms with Crippen LogP contribution in [0, 0.1) is 0 Å². The van der Waals surface area contributed by atoms with Crippen LogP contribution in [0.1, 0.15) is 24.1 Å². The number of aromatic nitrogens is 4. The van der Waals surface area contributed by atoms with Crippen molar-refractivity contribution < 1.29 is 5.11 Å². The van der Waals surface area contributed by atoms with Crippen molar-refractivity contribution in [1.29, 1.82) is 0 Å². The monoisotopic (exact) mass is 379 g/mol. The summed E-state index contributed by atoms with van der Waals surface area (Å²) < 4.78 is 1.83. The largest absolute Gasteiger partial charge is 0.393 e. The Hall–Kier alpha value is -2.77. The summed E-state index contributed by atoms with van der Waals surface area (Å²) in [6, 6.07) is 11.6. The lowest BCUT2D eigenvalue weighted by Crippen LogP contribution is -2.35. The highest BCUT2D eigenvalue weighted by Crippen LogP contribution is 2.18. The molecule has 4 rings (SSSR count). The summed E-state index contributed by atoms with van der Waals surface area (Å²) in [4.78, 5) is 21.9. The first-order valence-electron chi connectivity index (χ1n) is 9.73. The SMILES string of the molecule is O=c1cc(CCn2cccn2)nc(-c2ccc(CN3CCC(O)CC3)cc2)[nH]1. The zero-order valence-electron chi connectivity index (χ0n) is 15.8. The predicted molar refractivity (Wildman–Crippen MR) is 107 cm³/mol. The van der Waals surface area contributed by atoms with Crippen molar-refractivity contribution in [3.8, 4) is 11.4 Å². The number of likely N-dealkylation sites (tertiary alicyclic amines) is 1. The number of aliphatic hydroxyl groups excluding tert-OH is 1. The van der Waals surface area contributed by atoms with Gasteiger partial charge in [0, 0.05) is 56.6 Å². The number of piperidine rings is 1. The maximum atomic E-state index is 12.1. The summed E-state index contributed by atoms with van der Waals surface area (Å²) in [5, 5.41) is 13.8. The van der Waals surface area contributed by atoms with Crippen LogP contribution in [0.4, 0.5) is 0 Å². The number of nitrogens with one attached hydrogen (secondary N) is 1. The Balaban J connectivity index is 1.44. The first-order chi connectivity index (χ1) is 13.7. The van der Waals surface area contributed by atoms with Gasteiger partial charge in [-0.3, -0.25) is 14.4 Å². The van der Waals surface area contributed by atoms with E-state index in [1.54, 1.807) is 12.3 Å². The van der Waals surface area contributed by atoms with Crippen LogP contribution in [0.5, 0.6) is 0 Å². The van der Waals surface area contributed by atoms with Gasteiger partial charge in [-0.15, -0.1) is 0 Å². The molecule has 7 nitrogen and oxygen atoms in total. The number of aromatic amines is 1. The van der Waals surface area contributed by atoms with Crippen molar-refractivity contribution in [2.24, 2.45) is 0 Å². The quantitative estimate of drug-likeness (QED) is 0.682. The van der Waals surface area contributed by atoms with Gasteiger partial charge in [-0.25, -0.2) is 4.98 Å². The second-order valence-electron chi connectivity index (χ2n) is 7.31. The fourth-order valence-electron chi connectivity index (χ4n) is 3.54. The predicted octanol–water partition coefficient (Wildman–Crippen LogP) is 1.83. The molecule has 0 bridgehead atoms. The molecule has 146 valence electrons. The van der Waals surface area contributed by atoms with Crippen LogP contribution in [0.15, 0.2) is 53.6 Å². The molecule has 2 aromatic heterocycles. The van der Waals surface area contributed by atoms with Crippen LogP contribution in [0.2, 0.25) is 0 Å². The Kier molecular flexibility index (Phi) is 5.64. The number of aliphatic hydroxyl groups is 1. The maximum absolute atomic E-state index is 12.1. The van der Waals surface area contributed by atoms with E-state index in [0.717, 1.165) is 43.7 Å². The highest BCUT2D eigenvalue weighted by atomic mass is 16.3. The number of hydrogen-bond donors (Lipinski definition) is 2. The summed E-state index contributed by atoms with van der Waals surface area (Å²) in [7, 11) is 0. The summed E-state index contributed by atoms with van der Waals surface area (Å²) in [6.07, 6.45) is 5.82. The number of H-pyrrole nitrogens is 1. The van der Waals surface area contributed by atoms with Crippen molar-refractivity contribution in [3.63, 3.8) is 0 Å². The minimum atomic E-state index is -0.151. The molecule has 2 N–H and O–H groups in total. The smallest absolute Gasteiger partial charge is 0.251 e. The minimum absolute atomic E-state index is 0.142. The van der Waals surface area contributed by atoms with Gasteiger partial charge in [0.15, 0.2) is 0 Å². The molecule has 0 radical (unpaired) electrons. The molecule has 1 aliphatic rings. The normalized spacial score (nSPS) is 15.8. The summed E-state index contributed by atoms with van der Waals surface area (Å²) in [6.45, 7) is 3.42. The fraction of sp³-hybridized carbons (Fsp3) is 0.381. The molecule has 3 aromatic rings. The average Bonchev–Trinajstić information content (AvgIpc) is 3.22. The van der Waals surface area contributed by atoms with Gasteiger partial charge >= 0.3 is 0 Å². The van der Waals surface area contributed by atoms with Gasteiger partial charge in [0.1, 0.15) is 5.82 Å². The Morgan fingerprint density at radius 1 is 1.18 bits per heavy atom. The number of rotatable bonds is 6. The Morgan fingerprint density at radius 3 is 2.68 bits per heavy atom. The van der Waals surface area contributed by atoms with Gasteiger partial charge < -0.3 is 10.1 Å². The van der Waals surface area contributed by atoms with Gasteiger partial charge in [-0.2, -0.15) is 5.10 Å². The molecule has 0 aliphatic carbocycles. The van der Waals surface area contributed by atoms with Crippen molar-refractivity contribution in [2.75, 3.05) is 13.1 Å². The molecule has 28 heavy (non-hydrogen) atoms. The van der Waals surface area contributed by atoms with Crippen molar-refractivity contribution >= 4 is 0 Å². The number of aryl methyl sites for hydroxylation is 2. The zero-order chi connectivity index (χ0) is 19.3. The van der Waals surface area contributed by atoms with Gasteiger partial charge in [-0.1, -0.05) is 24.3 Å². The number of nitrogens with zero attached hydrogens (tertiary/aromatic N) is 4. The minimum Gasteiger partial charge on any atom is -0.393 e. The second kappa shape index (κ2) is 8.50. The Morgan fingerprint density at radius 2 is 1.96 bits per heavy atom. The van der Waals surface area contributed by atoms with E-state index in [1.165, 1.54) is 5.56 Å². The molecule has 0 spiro atoms. The van der Waals surface area contributed by atoms with Crippen LogP contribution in [-0.4, -0.2) is 48.9 Å². The fourth-order valence-corrected chi connectivity index (χ4v) is 3.54. The Bertz CT molecular complexity index is 942. The van der Waals surface area contributed by atoms with Gasteiger partial charge in [0.25, 0.3) is 5.56 Å². The highest BCUT2D eigenvalue weighted by Gasteiger charge is 2.16. The standard InChI is InChI=1S/C21H25N5O2/c27-19-7-11-25(12-8-19)15-16-2-4-17(5-3-16)21-23-18(14-20(28)24-21)6-13-26-10-1-9-22-26/h1-5,9-10,14,19,27H,6-8,11-13,15H2,(H,23,24,28). The molecule has 1 saturated heterocycles. The van der Waals surface area contributed by atoms with E-state index in [2.05, 4.69) is 32.1 Å². The molecule has 3 heterocycles. The van der Waals surface area contributed by atoms with Crippen LogP contribution < -0.4 is 5.56 Å². The van der Waals surface area contributed by atoms with E-state index in [0.29, 0.717) is 18.8 Å². The van der Waals surface area contributed by atoms with E-state index in [-0.39, 0.29) is 11.7 Å². The van der Waals surface area contributed by atoms with Gasteiger partial charge in [0.2, 0.25) is 0 Å². The molecule has 0 atom stereocenters. The molecule has 1 aliphatic heterocycles. The Labute approximate surface area is 163 Å². The van der Waals surface area contributed by atoms with Crippen LogP contribution in [0.25, 0.3) is 11.4 Å². The van der Waals surface area contributed by atoms with E-state index >= 15 is 0 Å². The summed E-state index contributed by atoms with van der Waals surface area (Å²) in [5.74, 6) is 0.593. The molecule has 1 aromatic carbocycles. The topological polar surface area (TPSA) is 87.0 Å². The first-order valence-corrected chi connectivity index (χ1v) is 9.73. The van der Waals surface area contributed by atoms with Gasteiger partial charge in [0.05, 0.1) is 11.8 Å². The third-order valence-electron chi connectivity index (χ3n) is 5.14. The van der Waals surface area contributed by atoms with E-state index in [4.69, 9.17) is 0 Å². The van der Waals surface area contributed by atoms with Crippen molar-refractivity contribution in [2.45, 2.75) is 38.5 Å². The van der Waals surface area contributed by atoms with Crippen LogP contribution in [0.3, 0.4) is 0 Å². The second-order valence-corrected chi connectivity index (χ2v) is 7.31. The highest BCUT2D eigenvalue weighted by molar-refractivity contribution is 5.55. The maximum Gasteiger partial charge on any atom is 0.251 e. The molecule has 0 amide bonds. The number of benzene rings is 1. The molecule has 0 saturated carbocycles. The van der Waals surface area contributed by atoms with Crippen molar-refractivity contribution in [1.82, 2.24) is 24.6 Å². The molecule has 7 heteroatoms. The zero-order valence-corrected chi connectivity index (χ0v) is 15.8. The lowest BCUT2D eigenvalue weighted by molar-refractivity contribution is 0.0792. The molecule has 0 unspecified atom stereocenters. The van der Waals surface area contributed by atoms with E-state index in [1.807, 2.05) is 29.1 Å². The van der Waals surface area contributed by atoms with Gasteiger partial charge in [-0.05, 0) is 24.5 Å². The van der Waals surface area contributed by atoms with E-state index < -0.39 is 0 Å². The van der Waals surface area contributed by atoms with E-state index in [9.17, 15) is 9.90 Å². The van der Waals surface area contributed by atoms with Crippen LogP contribution >= 0.6 is 0 Å². The lowest BCUT2D eigenvalue weighted by Gasteiger charge is -2.29. The number of hydrogen-bond acceptors (Lipinski definition) is 5. The molecule has 1 fully saturated rings.